The Hall–Kier alpha value is -2.28. The minimum atomic E-state index is -2.92. The molecule has 0 unspecified atom stereocenters. The van der Waals surface area contributed by atoms with Gasteiger partial charge in [0.05, 0.1) is 5.52 Å². The zero-order valence-corrected chi connectivity index (χ0v) is 15.0. The first-order valence-corrected chi connectivity index (χ1v) is 7.90. The van der Waals surface area contributed by atoms with Crippen LogP contribution < -0.4 is 16.0 Å². The van der Waals surface area contributed by atoms with Crippen LogP contribution in [0.15, 0.2) is 18.2 Å². The third kappa shape index (κ3) is 4.42. The molecule has 0 atom stereocenters. The number of carbonyl (C=O) groups is 1. The molecule has 2 rings (SSSR count). The van der Waals surface area contributed by atoms with Crippen molar-refractivity contribution in [3.8, 4) is 5.75 Å². The maximum atomic E-state index is 13.1. The average molecular weight is 351 g/mol. The van der Waals surface area contributed by atoms with E-state index in [-0.39, 0.29) is 11.1 Å². The van der Waals surface area contributed by atoms with Crippen molar-refractivity contribution in [3.05, 3.63) is 35.0 Å². The smallest absolute Gasteiger partial charge is 0.283 e. The van der Waals surface area contributed by atoms with Gasteiger partial charge in [0.25, 0.3) is 11.8 Å². The number of pyridine rings is 1. The molecule has 0 aliphatic rings. The van der Waals surface area contributed by atoms with Crippen LogP contribution >= 0.6 is 0 Å². The van der Waals surface area contributed by atoms with Crippen molar-refractivity contribution >= 4 is 16.8 Å². The summed E-state index contributed by atoms with van der Waals surface area (Å²) in [6.45, 7) is 7.86. The van der Waals surface area contributed by atoms with Gasteiger partial charge in [0, 0.05) is 12.3 Å². The number of nitrogens with one attached hydrogen (secondary N) is 1. The highest BCUT2D eigenvalue weighted by molar-refractivity contribution is 5.96. The van der Waals surface area contributed by atoms with E-state index in [2.05, 4.69) is 10.4 Å². The molecular weight excluding hydrogens is 328 g/mol. The van der Waals surface area contributed by atoms with Gasteiger partial charge in [-0.2, -0.15) is 0 Å². The molecule has 3 N–H and O–H groups in total. The third-order valence-corrected chi connectivity index (χ3v) is 3.76. The van der Waals surface area contributed by atoms with E-state index in [1.54, 1.807) is 18.2 Å². The first-order chi connectivity index (χ1) is 11.4. The molecule has 1 heterocycles. The van der Waals surface area contributed by atoms with E-state index in [0.29, 0.717) is 11.3 Å². The van der Waals surface area contributed by atoms with Gasteiger partial charge in [0.15, 0.2) is 6.61 Å². The Bertz CT molecular complexity index is 809. The van der Waals surface area contributed by atoms with Gasteiger partial charge >= 0.3 is 0 Å². The number of nitrogens with zero attached hydrogens (tertiary/aromatic N) is 1. The molecule has 7 heteroatoms. The van der Waals surface area contributed by atoms with Crippen LogP contribution in [0.4, 0.5) is 8.78 Å². The fraction of sp³-hybridized carbons (Fsp3) is 0.444. The average Bonchev–Trinajstić information content (AvgIpc) is 2.50. The Morgan fingerprint density at radius 1 is 1.24 bits per heavy atom. The van der Waals surface area contributed by atoms with Crippen molar-refractivity contribution in [3.63, 3.8) is 0 Å². The number of hydrogen-bond acceptors (Lipinski definition) is 4. The molecule has 0 radical (unpaired) electrons. The first kappa shape index (κ1) is 19.1. The summed E-state index contributed by atoms with van der Waals surface area (Å²) in [4.78, 5) is 16.3. The summed E-state index contributed by atoms with van der Waals surface area (Å²) >= 11 is 0. The van der Waals surface area contributed by atoms with Gasteiger partial charge in [-0.15, -0.1) is 0 Å². The Labute approximate surface area is 145 Å². The Morgan fingerprint density at radius 2 is 1.88 bits per heavy atom. The van der Waals surface area contributed by atoms with Crippen LogP contribution in [-0.2, 0) is 5.41 Å². The van der Waals surface area contributed by atoms with Crippen molar-refractivity contribution in [2.45, 2.75) is 46.0 Å². The second kappa shape index (κ2) is 6.55. The second-order valence-electron chi connectivity index (χ2n) is 7.27. The SMILES string of the molecule is Cc1cc(C(=O)NN)nc2c(C(C)(C)C)cc(OCC(C)(F)F)cc12. The predicted molar refractivity (Wildman–Crippen MR) is 92.9 cm³/mol. The number of fused-ring (bicyclic) bond motifs is 1. The fourth-order valence-corrected chi connectivity index (χ4v) is 2.52. The molecule has 25 heavy (non-hydrogen) atoms. The normalized spacial score (nSPS) is 12.3. The summed E-state index contributed by atoms with van der Waals surface area (Å²) in [5.74, 6) is 2.13. The summed E-state index contributed by atoms with van der Waals surface area (Å²) in [6.07, 6.45) is 0. The molecule has 5 nitrogen and oxygen atoms in total. The van der Waals surface area contributed by atoms with Gasteiger partial charge in [-0.3, -0.25) is 10.2 Å². The number of carbonyl (C=O) groups excluding carboxylic acids is 1. The van der Waals surface area contributed by atoms with Crippen LogP contribution in [0.25, 0.3) is 10.9 Å². The van der Waals surface area contributed by atoms with Crippen LogP contribution in [-0.4, -0.2) is 23.4 Å². The Balaban J connectivity index is 2.67. The van der Waals surface area contributed by atoms with Gasteiger partial charge in [-0.1, -0.05) is 20.8 Å². The summed E-state index contributed by atoms with van der Waals surface area (Å²) in [7, 11) is 0. The fourth-order valence-electron chi connectivity index (χ4n) is 2.52. The van der Waals surface area contributed by atoms with Crippen LogP contribution in [0.1, 0.15) is 49.3 Å². The number of amides is 1. The molecular formula is C18H23F2N3O2. The van der Waals surface area contributed by atoms with Gasteiger partial charge in [0.2, 0.25) is 0 Å². The Morgan fingerprint density at radius 3 is 2.40 bits per heavy atom. The summed E-state index contributed by atoms with van der Waals surface area (Å²) in [6, 6.07) is 4.97. The van der Waals surface area contributed by atoms with E-state index >= 15 is 0 Å². The molecule has 0 aliphatic heterocycles. The van der Waals surface area contributed by atoms with Crippen LogP contribution in [0.3, 0.4) is 0 Å². The van der Waals surface area contributed by atoms with E-state index in [1.807, 2.05) is 27.7 Å². The third-order valence-electron chi connectivity index (χ3n) is 3.76. The zero-order valence-electron chi connectivity index (χ0n) is 15.0. The lowest BCUT2D eigenvalue weighted by Crippen LogP contribution is -2.31. The van der Waals surface area contributed by atoms with Crippen LogP contribution in [0.5, 0.6) is 5.75 Å². The van der Waals surface area contributed by atoms with Crippen molar-refractivity contribution in [1.82, 2.24) is 10.4 Å². The monoisotopic (exact) mass is 351 g/mol. The maximum Gasteiger partial charge on any atom is 0.283 e. The number of hydrazine groups is 1. The van der Waals surface area contributed by atoms with Crippen LogP contribution in [0.2, 0.25) is 0 Å². The molecule has 0 saturated heterocycles. The van der Waals surface area contributed by atoms with Crippen molar-refractivity contribution in [2.24, 2.45) is 5.84 Å². The largest absolute Gasteiger partial charge is 0.487 e. The molecule has 136 valence electrons. The van der Waals surface area contributed by atoms with Gasteiger partial charge in [0.1, 0.15) is 11.4 Å². The molecule has 2 aromatic rings. The van der Waals surface area contributed by atoms with Gasteiger partial charge in [-0.25, -0.2) is 19.6 Å². The molecule has 0 spiro atoms. The van der Waals surface area contributed by atoms with Crippen molar-refractivity contribution < 1.29 is 18.3 Å². The summed E-state index contributed by atoms with van der Waals surface area (Å²) in [5, 5.41) is 0.746. The molecule has 1 amide bonds. The molecule has 0 saturated carbocycles. The number of nitrogen functional groups attached to an aromatic ring is 1. The molecule has 0 bridgehead atoms. The number of benzene rings is 1. The van der Waals surface area contributed by atoms with Crippen molar-refractivity contribution in [2.75, 3.05) is 6.61 Å². The number of alkyl halides is 2. The van der Waals surface area contributed by atoms with E-state index in [9.17, 15) is 13.6 Å². The number of nitrogens with two attached hydrogens (primary N) is 1. The highest BCUT2D eigenvalue weighted by atomic mass is 19.3. The topological polar surface area (TPSA) is 77.2 Å². The minimum absolute atomic E-state index is 0.201. The second-order valence-corrected chi connectivity index (χ2v) is 7.27. The van der Waals surface area contributed by atoms with Crippen molar-refractivity contribution in [1.29, 1.82) is 0 Å². The van der Waals surface area contributed by atoms with E-state index in [4.69, 9.17) is 10.6 Å². The van der Waals surface area contributed by atoms with E-state index < -0.39 is 18.4 Å². The maximum absolute atomic E-state index is 13.1. The Kier molecular flexibility index (Phi) is 4.99. The van der Waals surface area contributed by atoms with Gasteiger partial charge < -0.3 is 4.74 Å². The molecule has 0 fully saturated rings. The predicted octanol–water partition coefficient (Wildman–Crippen LogP) is 3.48. The van der Waals surface area contributed by atoms with E-state index in [1.165, 1.54) is 0 Å². The lowest BCUT2D eigenvalue weighted by Gasteiger charge is -2.23. The first-order valence-electron chi connectivity index (χ1n) is 7.90. The molecule has 1 aromatic heterocycles. The quantitative estimate of drug-likeness (QED) is 0.502. The number of hydrogen-bond donors (Lipinski definition) is 2. The number of aromatic nitrogens is 1. The minimum Gasteiger partial charge on any atom is -0.487 e. The van der Waals surface area contributed by atoms with E-state index in [0.717, 1.165) is 23.4 Å². The lowest BCUT2D eigenvalue weighted by molar-refractivity contribution is -0.0229. The van der Waals surface area contributed by atoms with Gasteiger partial charge in [-0.05, 0) is 41.7 Å². The molecule has 0 aliphatic carbocycles. The standard InChI is InChI=1S/C18H23F2N3O2/c1-10-6-14(16(24)23-21)22-15-12(10)7-11(25-9-18(5,19)20)8-13(15)17(2,3)4/h6-8H,9,21H2,1-5H3,(H,23,24). The zero-order chi connectivity index (χ0) is 19.0. The lowest BCUT2D eigenvalue weighted by atomic mass is 9.84. The highest BCUT2D eigenvalue weighted by Crippen LogP contribution is 2.35. The number of aryl methyl sites for hydroxylation is 1. The van der Waals surface area contributed by atoms with Crippen LogP contribution in [0, 0.1) is 6.92 Å². The summed E-state index contributed by atoms with van der Waals surface area (Å²) < 4.78 is 31.5. The number of halogens is 2. The number of rotatable bonds is 4. The highest BCUT2D eigenvalue weighted by Gasteiger charge is 2.25. The number of ether oxygens (including phenoxy) is 1. The summed E-state index contributed by atoms with van der Waals surface area (Å²) in [5.41, 5.74) is 4.15. The molecule has 1 aromatic carbocycles.